The molecule has 0 N–H and O–H groups in total. The summed E-state index contributed by atoms with van der Waals surface area (Å²) >= 11 is 6.25. The maximum atomic E-state index is 6.25. The van der Waals surface area contributed by atoms with Gasteiger partial charge in [-0.25, -0.2) is 4.98 Å². The molecule has 0 unspecified atom stereocenters. The van der Waals surface area contributed by atoms with Gasteiger partial charge in [0.1, 0.15) is 0 Å². The Labute approximate surface area is 159 Å². The molecule has 0 aliphatic rings. The van der Waals surface area contributed by atoms with Gasteiger partial charge in [0, 0.05) is 16.0 Å². The van der Waals surface area contributed by atoms with Crippen molar-refractivity contribution in [2.45, 2.75) is 19.8 Å². The van der Waals surface area contributed by atoms with Crippen molar-refractivity contribution < 1.29 is 0 Å². The lowest BCUT2D eigenvalue weighted by atomic mass is 9.97. The van der Waals surface area contributed by atoms with Crippen LogP contribution in [0.2, 0.25) is 5.02 Å². The summed E-state index contributed by atoms with van der Waals surface area (Å²) in [5.74, 6) is 0.524. The zero-order valence-electron chi connectivity index (χ0n) is 14.9. The van der Waals surface area contributed by atoms with Crippen molar-refractivity contribution in [3.8, 4) is 22.4 Å². The number of nitrogens with zero attached hydrogens (tertiary/aromatic N) is 1. The van der Waals surface area contributed by atoms with Crippen LogP contribution in [0.1, 0.15) is 25.3 Å². The number of hydrogen-bond acceptors (Lipinski definition) is 1. The topological polar surface area (TPSA) is 12.9 Å². The fraction of sp³-hybridized carbons (Fsp3) is 0.125. The van der Waals surface area contributed by atoms with Crippen molar-refractivity contribution in [3.63, 3.8) is 0 Å². The van der Waals surface area contributed by atoms with Crippen molar-refractivity contribution in [2.24, 2.45) is 0 Å². The zero-order valence-corrected chi connectivity index (χ0v) is 15.7. The second-order valence-electron chi connectivity index (χ2n) is 6.86. The van der Waals surface area contributed by atoms with Crippen molar-refractivity contribution >= 4 is 22.5 Å². The van der Waals surface area contributed by atoms with Crippen molar-refractivity contribution in [1.82, 2.24) is 4.98 Å². The Morgan fingerprint density at radius 3 is 2.19 bits per heavy atom. The molecular weight excluding hydrogens is 338 g/mol. The van der Waals surface area contributed by atoms with Gasteiger partial charge in [0.25, 0.3) is 0 Å². The Morgan fingerprint density at radius 2 is 1.50 bits per heavy atom. The maximum Gasteiger partial charge on any atom is 0.0716 e. The van der Waals surface area contributed by atoms with Crippen LogP contribution in [0.25, 0.3) is 33.3 Å². The van der Waals surface area contributed by atoms with E-state index in [-0.39, 0.29) is 0 Å². The highest BCUT2D eigenvalue weighted by Gasteiger charge is 2.10. The molecule has 0 bridgehead atoms. The summed E-state index contributed by atoms with van der Waals surface area (Å²) < 4.78 is 0. The molecule has 1 heterocycles. The number of benzene rings is 3. The third-order valence-corrected chi connectivity index (χ3v) is 4.96. The molecule has 0 spiro atoms. The van der Waals surface area contributed by atoms with E-state index in [9.17, 15) is 0 Å². The fourth-order valence-electron chi connectivity index (χ4n) is 3.24. The number of fused-ring (bicyclic) bond motifs is 1. The van der Waals surface area contributed by atoms with Crippen LogP contribution in [0.5, 0.6) is 0 Å². The summed E-state index contributed by atoms with van der Waals surface area (Å²) in [4.78, 5) is 4.89. The molecule has 4 aromatic rings. The van der Waals surface area contributed by atoms with Gasteiger partial charge in [-0.3, -0.25) is 0 Å². The van der Waals surface area contributed by atoms with Crippen molar-refractivity contribution in [2.75, 3.05) is 0 Å². The molecule has 0 aliphatic carbocycles. The Morgan fingerprint density at radius 1 is 0.769 bits per heavy atom. The molecule has 0 radical (unpaired) electrons. The second kappa shape index (κ2) is 6.93. The van der Waals surface area contributed by atoms with Crippen molar-refractivity contribution in [3.05, 3.63) is 89.4 Å². The highest BCUT2D eigenvalue weighted by molar-refractivity contribution is 6.31. The maximum absolute atomic E-state index is 6.25. The summed E-state index contributed by atoms with van der Waals surface area (Å²) in [5.41, 5.74) is 6.73. The number of halogens is 1. The highest BCUT2D eigenvalue weighted by Crippen LogP contribution is 2.33. The largest absolute Gasteiger partial charge is 0.248 e. The van der Waals surface area contributed by atoms with Gasteiger partial charge in [0.15, 0.2) is 0 Å². The van der Waals surface area contributed by atoms with E-state index >= 15 is 0 Å². The van der Waals surface area contributed by atoms with E-state index < -0.39 is 0 Å². The first-order chi connectivity index (χ1) is 12.6. The molecule has 0 amide bonds. The first-order valence-electron chi connectivity index (χ1n) is 8.88. The second-order valence-corrected chi connectivity index (χ2v) is 7.30. The lowest BCUT2D eigenvalue weighted by Crippen LogP contribution is -1.91. The molecule has 2 heteroatoms. The number of pyridine rings is 1. The quantitative estimate of drug-likeness (QED) is 0.373. The molecule has 0 atom stereocenters. The summed E-state index contributed by atoms with van der Waals surface area (Å²) in [7, 11) is 0. The molecule has 1 nitrogen and oxygen atoms in total. The standard InChI is InChI=1S/C24H20ClN/c1-16(2)17-8-10-19(11-9-17)24-15-21(18-6-4-3-5-7-18)22-14-20(25)12-13-23(22)26-24/h3-16H,1-2H3. The van der Waals surface area contributed by atoms with Gasteiger partial charge >= 0.3 is 0 Å². The van der Waals surface area contributed by atoms with E-state index in [1.54, 1.807) is 0 Å². The summed E-state index contributed by atoms with van der Waals surface area (Å²) in [6, 6.07) is 27.2. The van der Waals surface area contributed by atoms with E-state index in [0.717, 1.165) is 32.7 Å². The molecule has 0 saturated heterocycles. The van der Waals surface area contributed by atoms with Crippen LogP contribution in [0, 0.1) is 0 Å². The Bertz CT molecular complexity index is 1050. The molecule has 128 valence electrons. The smallest absolute Gasteiger partial charge is 0.0716 e. The van der Waals surface area contributed by atoms with E-state index in [0.29, 0.717) is 5.92 Å². The van der Waals surface area contributed by atoms with Crippen LogP contribution in [-0.4, -0.2) is 4.98 Å². The van der Waals surface area contributed by atoms with Gasteiger partial charge in [-0.15, -0.1) is 0 Å². The van der Waals surface area contributed by atoms with Crippen LogP contribution in [0.4, 0.5) is 0 Å². The van der Waals surface area contributed by atoms with Gasteiger partial charge < -0.3 is 0 Å². The van der Waals surface area contributed by atoms with Gasteiger partial charge in [-0.1, -0.05) is 80.0 Å². The fourth-order valence-corrected chi connectivity index (χ4v) is 3.41. The average Bonchev–Trinajstić information content (AvgIpc) is 2.68. The van der Waals surface area contributed by atoms with Crippen molar-refractivity contribution in [1.29, 1.82) is 0 Å². The molecule has 4 rings (SSSR count). The van der Waals surface area contributed by atoms with Gasteiger partial charge in [-0.2, -0.15) is 0 Å². The summed E-state index contributed by atoms with van der Waals surface area (Å²) in [6.07, 6.45) is 0. The summed E-state index contributed by atoms with van der Waals surface area (Å²) in [6.45, 7) is 4.42. The summed E-state index contributed by atoms with van der Waals surface area (Å²) in [5, 5.41) is 1.80. The predicted octanol–water partition coefficient (Wildman–Crippen LogP) is 7.35. The van der Waals surface area contributed by atoms with E-state index in [2.05, 4.69) is 68.4 Å². The molecule has 3 aromatic carbocycles. The van der Waals surface area contributed by atoms with Crippen LogP contribution >= 0.6 is 11.6 Å². The number of aromatic nitrogens is 1. The van der Waals surface area contributed by atoms with Gasteiger partial charge in [0.2, 0.25) is 0 Å². The molecule has 0 saturated carbocycles. The molecule has 0 aliphatic heterocycles. The minimum atomic E-state index is 0.524. The minimum Gasteiger partial charge on any atom is -0.248 e. The molecule has 1 aromatic heterocycles. The normalized spacial score (nSPS) is 11.2. The number of rotatable bonds is 3. The van der Waals surface area contributed by atoms with Crippen LogP contribution in [0.3, 0.4) is 0 Å². The Kier molecular flexibility index (Phi) is 4.48. The highest BCUT2D eigenvalue weighted by atomic mass is 35.5. The first kappa shape index (κ1) is 16.8. The Balaban J connectivity index is 1.93. The lowest BCUT2D eigenvalue weighted by Gasteiger charge is -2.12. The monoisotopic (exact) mass is 357 g/mol. The average molecular weight is 358 g/mol. The SMILES string of the molecule is CC(C)c1ccc(-c2cc(-c3ccccc3)c3cc(Cl)ccc3n2)cc1. The van der Waals surface area contributed by atoms with E-state index in [1.165, 1.54) is 11.1 Å². The molecule has 26 heavy (non-hydrogen) atoms. The Hall–Kier alpha value is -2.64. The zero-order chi connectivity index (χ0) is 18.1. The van der Waals surface area contributed by atoms with Gasteiger partial charge in [-0.05, 0) is 46.9 Å². The van der Waals surface area contributed by atoms with Crippen LogP contribution < -0.4 is 0 Å². The van der Waals surface area contributed by atoms with Crippen LogP contribution in [0.15, 0.2) is 78.9 Å². The van der Waals surface area contributed by atoms with E-state index in [4.69, 9.17) is 16.6 Å². The van der Waals surface area contributed by atoms with Gasteiger partial charge in [0.05, 0.1) is 11.2 Å². The van der Waals surface area contributed by atoms with E-state index in [1.807, 2.05) is 24.3 Å². The minimum absolute atomic E-state index is 0.524. The third kappa shape index (κ3) is 3.23. The number of hydrogen-bond donors (Lipinski definition) is 0. The predicted molar refractivity (Wildman–Crippen MR) is 112 cm³/mol. The molecular formula is C24H20ClN. The third-order valence-electron chi connectivity index (χ3n) is 4.73. The lowest BCUT2D eigenvalue weighted by molar-refractivity contribution is 0.867. The van der Waals surface area contributed by atoms with Crippen LogP contribution in [-0.2, 0) is 0 Å². The molecule has 0 fully saturated rings. The first-order valence-corrected chi connectivity index (χ1v) is 9.25.